The van der Waals surface area contributed by atoms with Gasteiger partial charge < -0.3 is 4.74 Å². The van der Waals surface area contributed by atoms with Gasteiger partial charge in [0.15, 0.2) is 5.75 Å². The van der Waals surface area contributed by atoms with E-state index in [2.05, 4.69) is 47.8 Å². The Kier molecular flexibility index (Phi) is 5.47. The van der Waals surface area contributed by atoms with Crippen molar-refractivity contribution in [3.63, 3.8) is 0 Å². The molecule has 1 atom stereocenters. The first kappa shape index (κ1) is 14.2. The van der Waals surface area contributed by atoms with Gasteiger partial charge in [0, 0.05) is 4.47 Å². The fourth-order valence-electron chi connectivity index (χ4n) is 0.994. The molecule has 1 rings (SSSR count). The molecule has 0 bridgehead atoms. The number of hydrogen-bond acceptors (Lipinski definition) is 2. The van der Waals surface area contributed by atoms with Gasteiger partial charge in [0.25, 0.3) is 0 Å². The van der Waals surface area contributed by atoms with E-state index in [1.54, 1.807) is 0 Å². The van der Waals surface area contributed by atoms with Crippen LogP contribution in [0.1, 0.15) is 20.3 Å². The zero-order chi connectivity index (χ0) is 12.3. The van der Waals surface area contributed by atoms with Gasteiger partial charge >= 0.3 is 5.97 Å². The summed E-state index contributed by atoms with van der Waals surface area (Å²) in [6.07, 6.45) is 0.768. The summed E-state index contributed by atoms with van der Waals surface area (Å²) in [5.74, 6) is 0.210. The van der Waals surface area contributed by atoms with Crippen LogP contribution in [0, 0.1) is 5.92 Å². The van der Waals surface area contributed by atoms with E-state index in [0.717, 1.165) is 19.8 Å². The van der Waals surface area contributed by atoms with E-state index in [1.165, 1.54) is 0 Å². The highest BCUT2D eigenvalue weighted by molar-refractivity contribution is 9.11. The third-order valence-electron chi connectivity index (χ3n) is 2.18. The minimum atomic E-state index is -0.216. The van der Waals surface area contributed by atoms with Gasteiger partial charge in [0.2, 0.25) is 0 Å². The summed E-state index contributed by atoms with van der Waals surface area (Å²) < 4.78 is 7.72. The molecule has 0 N–H and O–H groups in total. The predicted octanol–water partition coefficient (Wildman–Crippen LogP) is 4.93. The maximum Gasteiger partial charge on any atom is 0.314 e. The molecule has 0 fully saturated rings. The minimum absolute atomic E-state index is 0.0950. The molecule has 5 heteroatoms. The molecule has 0 amide bonds. The van der Waals surface area contributed by atoms with Crippen LogP contribution in [-0.4, -0.2) is 5.97 Å². The van der Waals surface area contributed by atoms with Crippen molar-refractivity contribution in [2.45, 2.75) is 20.3 Å². The maximum absolute atomic E-state index is 11.7. The zero-order valence-corrected chi connectivity index (χ0v) is 13.6. The average molecular weight is 415 g/mol. The number of carbonyl (C=O) groups is 1. The molecule has 16 heavy (non-hydrogen) atoms. The third kappa shape index (κ3) is 3.57. The third-order valence-corrected chi connectivity index (χ3v) is 3.82. The normalized spacial score (nSPS) is 12.3. The van der Waals surface area contributed by atoms with Gasteiger partial charge in [-0.3, -0.25) is 4.79 Å². The molecular formula is C11H11Br3O2. The monoisotopic (exact) mass is 412 g/mol. The lowest BCUT2D eigenvalue weighted by Gasteiger charge is -2.12. The zero-order valence-electron chi connectivity index (χ0n) is 8.89. The second kappa shape index (κ2) is 6.17. The molecule has 0 saturated heterocycles. The number of hydrogen-bond donors (Lipinski definition) is 0. The molecule has 0 spiro atoms. The largest absolute Gasteiger partial charge is 0.424 e. The van der Waals surface area contributed by atoms with E-state index in [-0.39, 0.29) is 11.9 Å². The number of halogens is 3. The SMILES string of the molecule is CCC(C)C(=O)Oc1c(Br)cc(Br)cc1Br. The van der Waals surface area contributed by atoms with Crippen LogP contribution in [0.15, 0.2) is 25.6 Å². The van der Waals surface area contributed by atoms with Crippen molar-refractivity contribution >= 4 is 53.8 Å². The van der Waals surface area contributed by atoms with Gasteiger partial charge in [-0.15, -0.1) is 0 Å². The highest BCUT2D eigenvalue weighted by atomic mass is 79.9. The first-order valence-corrected chi connectivity index (χ1v) is 7.19. The fourth-order valence-corrected chi connectivity index (χ4v) is 3.41. The lowest BCUT2D eigenvalue weighted by atomic mass is 10.1. The topological polar surface area (TPSA) is 26.3 Å². The number of rotatable bonds is 3. The second-order valence-electron chi connectivity index (χ2n) is 3.43. The first-order valence-electron chi connectivity index (χ1n) is 4.82. The molecule has 88 valence electrons. The van der Waals surface area contributed by atoms with Crippen LogP contribution in [0.4, 0.5) is 0 Å². The van der Waals surface area contributed by atoms with Gasteiger partial charge in [-0.1, -0.05) is 29.8 Å². The number of benzene rings is 1. The second-order valence-corrected chi connectivity index (χ2v) is 6.05. The highest BCUT2D eigenvalue weighted by Gasteiger charge is 2.17. The summed E-state index contributed by atoms with van der Waals surface area (Å²) in [5, 5.41) is 0. The van der Waals surface area contributed by atoms with Crippen LogP contribution in [0.3, 0.4) is 0 Å². The average Bonchev–Trinajstić information content (AvgIpc) is 2.21. The lowest BCUT2D eigenvalue weighted by Crippen LogP contribution is -2.17. The summed E-state index contributed by atoms with van der Waals surface area (Å²) >= 11 is 10.1. The molecule has 0 aliphatic heterocycles. The summed E-state index contributed by atoms with van der Waals surface area (Å²) in [6.45, 7) is 3.81. The minimum Gasteiger partial charge on any atom is -0.424 e. The molecule has 0 aromatic heterocycles. The van der Waals surface area contributed by atoms with Crippen molar-refractivity contribution in [1.29, 1.82) is 0 Å². The maximum atomic E-state index is 11.7. The predicted molar refractivity (Wildman–Crippen MR) is 74.6 cm³/mol. The van der Waals surface area contributed by atoms with Crippen molar-refractivity contribution in [2.75, 3.05) is 0 Å². The molecule has 0 radical (unpaired) electrons. The molecule has 2 nitrogen and oxygen atoms in total. The van der Waals surface area contributed by atoms with Crippen molar-refractivity contribution in [1.82, 2.24) is 0 Å². The van der Waals surface area contributed by atoms with Gasteiger partial charge in [-0.05, 0) is 50.4 Å². The molecule has 1 aromatic carbocycles. The van der Waals surface area contributed by atoms with Crippen LogP contribution in [0.5, 0.6) is 5.75 Å². The van der Waals surface area contributed by atoms with Crippen LogP contribution in [-0.2, 0) is 4.79 Å². The Morgan fingerprint density at radius 1 is 1.31 bits per heavy atom. The Morgan fingerprint density at radius 2 is 1.81 bits per heavy atom. The van der Waals surface area contributed by atoms with Crippen LogP contribution in [0.25, 0.3) is 0 Å². The lowest BCUT2D eigenvalue weighted by molar-refractivity contribution is -0.138. The summed E-state index contributed by atoms with van der Waals surface area (Å²) in [7, 11) is 0. The van der Waals surface area contributed by atoms with Crippen molar-refractivity contribution in [3.05, 3.63) is 25.6 Å². The highest BCUT2D eigenvalue weighted by Crippen LogP contribution is 2.36. The molecule has 1 aromatic rings. The summed E-state index contributed by atoms with van der Waals surface area (Å²) in [5.41, 5.74) is 0. The van der Waals surface area contributed by atoms with Gasteiger partial charge in [-0.2, -0.15) is 0 Å². The molecular weight excluding hydrogens is 404 g/mol. The van der Waals surface area contributed by atoms with E-state index in [1.807, 2.05) is 26.0 Å². The van der Waals surface area contributed by atoms with Gasteiger partial charge in [-0.25, -0.2) is 0 Å². The van der Waals surface area contributed by atoms with Crippen LogP contribution in [0.2, 0.25) is 0 Å². The van der Waals surface area contributed by atoms with Crippen molar-refractivity contribution in [2.24, 2.45) is 5.92 Å². The Labute approximate surface area is 120 Å². The van der Waals surface area contributed by atoms with Crippen molar-refractivity contribution in [3.8, 4) is 5.75 Å². The summed E-state index contributed by atoms with van der Waals surface area (Å²) in [6, 6.07) is 3.67. The van der Waals surface area contributed by atoms with Gasteiger partial charge in [0.1, 0.15) is 0 Å². The molecule has 0 aliphatic rings. The quantitative estimate of drug-likeness (QED) is 0.518. The Balaban J connectivity index is 2.93. The standard InChI is InChI=1S/C11H11Br3O2/c1-3-6(2)11(15)16-10-8(13)4-7(12)5-9(10)14/h4-6H,3H2,1-2H3. The van der Waals surface area contributed by atoms with E-state index in [9.17, 15) is 4.79 Å². The van der Waals surface area contributed by atoms with E-state index in [0.29, 0.717) is 5.75 Å². The van der Waals surface area contributed by atoms with E-state index in [4.69, 9.17) is 4.74 Å². The Hall–Kier alpha value is 0.130. The number of ether oxygens (including phenoxy) is 1. The molecule has 0 heterocycles. The number of carbonyl (C=O) groups excluding carboxylic acids is 1. The Morgan fingerprint density at radius 3 is 2.25 bits per heavy atom. The molecule has 0 aliphatic carbocycles. The fraction of sp³-hybridized carbons (Fsp3) is 0.364. The van der Waals surface area contributed by atoms with E-state index < -0.39 is 0 Å². The first-order chi connectivity index (χ1) is 7.45. The number of esters is 1. The summed E-state index contributed by atoms with van der Waals surface area (Å²) in [4.78, 5) is 11.7. The molecule has 1 unspecified atom stereocenters. The van der Waals surface area contributed by atoms with Gasteiger partial charge in [0.05, 0.1) is 14.9 Å². The van der Waals surface area contributed by atoms with E-state index >= 15 is 0 Å². The Bertz CT molecular complexity index is 381. The van der Waals surface area contributed by atoms with Crippen LogP contribution >= 0.6 is 47.8 Å². The smallest absolute Gasteiger partial charge is 0.314 e. The molecule has 0 saturated carbocycles. The van der Waals surface area contributed by atoms with Crippen LogP contribution < -0.4 is 4.74 Å². The van der Waals surface area contributed by atoms with Crippen molar-refractivity contribution < 1.29 is 9.53 Å².